The van der Waals surface area contributed by atoms with Gasteiger partial charge in [-0.3, -0.25) is 14.4 Å². The third-order valence-electron chi connectivity index (χ3n) is 2.18. The third-order valence-corrected chi connectivity index (χ3v) is 2.18. The highest BCUT2D eigenvalue weighted by Gasteiger charge is 2.23. The summed E-state index contributed by atoms with van der Waals surface area (Å²) in [5.41, 5.74) is 0. The van der Waals surface area contributed by atoms with E-state index in [1.807, 2.05) is 0 Å². The summed E-state index contributed by atoms with van der Waals surface area (Å²) in [6, 6.07) is 0.288. The summed E-state index contributed by atoms with van der Waals surface area (Å²) in [6.07, 6.45) is 2.44. The van der Waals surface area contributed by atoms with Gasteiger partial charge in [0.15, 0.2) is 0 Å². The number of hydrogen-bond acceptors (Lipinski definition) is 3. The van der Waals surface area contributed by atoms with Crippen LogP contribution in [0.15, 0.2) is 0 Å². The first kappa shape index (κ1) is 12.5. The molecule has 0 aromatic carbocycles. The van der Waals surface area contributed by atoms with Crippen molar-refractivity contribution in [2.24, 2.45) is 0 Å². The highest BCUT2D eigenvalue weighted by Crippen LogP contribution is 2.18. The van der Waals surface area contributed by atoms with Crippen LogP contribution in [0.1, 0.15) is 32.1 Å². The first-order chi connectivity index (χ1) is 7.58. The minimum atomic E-state index is -0.917. The van der Waals surface area contributed by atoms with Crippen LogP contribution in [0.3, 0.4) is 0 Å². The molecule has 1 aliphatic rings. The van der Waals surface area contributed by atoms with Crippen molar-refractivity contribution in [3.63, 3.8) is 0 Å². The number of carboxylic acids is 1. The maximum Gasteiger partial charge on any atom is 0.303 e. The summed E-state index contributed by atoms with van der Waals surface area (Å²) >= 11 is 0. The Morgan fingerprint density at radius 2 is 1.81 bits per heavy atom. The number of rotatable bonds is 7. The first-order valence-electron chi connectivity index (χ1n) is 5.36. The van der Waals surface area contributed by atoms with E-state index < -0.39 is 5.97 Å². The summed E-state index contributed by atoms with van der Waals surface area (Å²) < 4.78 is 0. The van der Waals surface area contributed by atoms with Gasteiger partial charge in [-0.05, 0) is 19.3 Å². The molecule has 0 aromatic heterocycles. The molecule has 0 unspecified atom stereocenters. The van der Waals surface area contributed by atoms with Crippen LogP contribution in [0, 0.1) is 0 Å². The highest BCUT2D eigenvalue weighted by atomic mass is 16.4. The molecule has 0 heterocycles. The fourth-order valence-corrected chi connectivity index (χ4v) is 1.17. The number of carbonyl (C=O) groups excluding carboxylic acids is 2. The number of carboxylic acid groups (broad SMARTS) is 1. The van der Waals surface area contributed by atoms with Gasteiger partial charge in [0.25, 0.3) is 0 Å². The molecule has 1 fully saturated rings. The molecule has 0 spiro atoms. The highest BCUT2D eigenvalue weighted by molar-refractivity contribution is 5.85. The number of carbonyl (C=O) groups is 3. The Balaban J connectivity index is 2.00. The molecule has 0 saturated heterocycles. The summed E-state index contributed by atoms with van der Waals surface area (Å²) in [5, 5.41) is 13.5. The van der Waals surface area contributed by atoms with Crippen molar-refractivity contribution in [1.29, 1.82) is 0 Å². The Morgan fingerprint density at radius 3 is 2.38 bits per heavy atom. The van der Waals surface area contributed by atoms with Crippen LogP contribution in [0.5, 0.6) is 0 Å². The first-order valence-corrected chi connectivity index (χ1v) is 5.36. The van der Waals surface area contributed by atoms with Crippen LogP contribution in [-0.4, -0.2) is 35.5 Å². The quantitative estimate of drug-likeness (QED) is 0.554. The lowest BCUT2D eigenvalue weighted by atomic mass is 10.2. The van der Waals surface area contributed by atoms with Crippen molar-refractivity contribution in [3.05, 3.63) is 0 Å². The molecule has 90 valence electrons. The standard InChI is InChI=1S/C10H16N2O4/c13-8(2-1-3-10(15)16)11-6-9(14)12-7-4-5-7/h7H,1-6H2,(H,11,13)(H,12,14)(H,15,16). The van der Waals surface area contributed by atoms with Crippen LogP contribution in [0.25, 0.3) is 0 Å². The molecule has 0 radical (unpaired) electrons. The van der Waals surface area contributed by atoms with Gasteiger partial charge in [-0.1, -0.05) is 0 Å². The number of aliphatic carboxylic acids is 1. The second kappa shape index (κ2) is 6.09. The Morgan fingerprint density at radius 1 is 1.12 bits per heavy atom. The molecule has 1 saturated carbocycles. The molecule has 6 heteroatoms. The zero-order valence-electron chi connectivity index (χ0n) is 8.99. The van der Waals surface area contributed by atoms with E-state index in [4.69, 9.17) is 5.11 Å². The molecule has 16 heavy (non-hydrogen) atoms. The Kier molecular flexibility index (Phi) is 4.75. The van der Waals surface area contributed by atoms with Gasteiger partial charge in [0.2, 0.25) is 11.8 Å². The molecule has 3 N–H and O–H groups in total. The maximum atomic E-state index is 11.2. The fourth-order valence-electron chi connectivity index (χ4n) is 1.17. The largest absolute Gasteiger partial charge is 0.481 e. The van der Waals surface area contributed by atoms with E-state index in [9.17, 15) is 14.4 Å². The van der Waals surface area contributed by atoms with Crippen molar-refractivity contribution < 1.29 is 19.5 Å². The van der Waals surface area contributed by atoms with Gasteiger partial charge in [-0.25, -0.2) is 0 Å². The van der Waals surface area contributed by atoms with Crippen molar-refractivity contribution in [1.82, 2.24) is 10.6 Å². The van der Waals surface area contributed by atoms with E-state index in [1.165, 1.54) is 0 Å². The van der Waals surface area contributed by atoms with Crippen molar-refractivity contribution in [2.75, 3.05) is 6.54 Å². The lowest BCUT2D eigenvalue weighted by Gasteiger charge is -2.05. The maximum absolute atomic E-state index is 11.2. The minimum absolute atomic E-state index is 0.0254. The van der Waals surface area contributed by atoms with E-state index in [1.54, 1.807) is 0 Å². The molecule has 0 aromatic rings. The topological polar surface area (TPSA) is 95.5 Å². The molecule has 1 aliphatic carbocycles. The van der Waals surface area contributed by atoms with Crippen LogP contribution in [-0.2, 0) is 14.4 Å². The molecule has 6 nitrogen and oxygen atoms in total. The second-order valence-electron chi connectivity index (χ2n) is 3.87. The molecular weight excluding hydrogens is 212 g/mol. The molecule has 0 atom stereocenters. The normalized spacial score (nSPS) is 14.2. The SMILES string of the molecule is O=C(O)CCCC(=O)NCC(=O)NC1CC1. The van der Waals surface area contributed by atoms with E-state index in [-0.39, 0.29) is 37.2 Å². The third kappa shape index (κ3) is 6.00. The Labute approximate surface area is 93.4 Å². The summed E-state index contributed by atoms with van der Waals surface area (Å²) in [5.74, 6) is -1.39. The number of hydrogen-bond donors (Lipinski definition) is 3. The fraction of sp³-hybridized carbons (Fsp3) is 0.700. The lowest BCUT2D eigenvalue weighted by Crippen LogP contribution is -2.37. The number of nitrogens with one attached hydrogen (secondary N) is 2. The van der Waals surface area contributed by atoms with Crippen LogP contribution in [0.4, 0.5) is 0 Å². The smallest absolute Gasteiger partial charge is 0.303 e. The predicted molar refractivity (Wildman–Crippen MR) is 55.7 cm³/mol. The van der Waals surface area contributed by atoms with Gasteiger partial charge in [-0.15, -0.1) is 0 Å². The van der Waals surface area contributed by atoms with Gasteiger partial charge >= 0.3 is 5.97 Å². The summed E-state index contributed by atoms with van der Waals surface area (Å²) in [6.45, 7) is -0.0254. The average molecular weight is 228 g/mol. The summed E-state index contributed by atoms with van der Waals surface area (Å²) in [4.78, 5) is 32.5. The lowest BCUT2D eigenvalue weighted by molar-refractivity contribution is -0.137. The molecule has 1 rings (SSSR count). The molecule has 2 amide bonds. The van der Waals surface area contributed by atoms with Gasteiger partial charge in [0.05, 0.1) is 6.54 Å². The van der Waals surface area contributed by atoms with E-state index in [0.29, 0.717) is 6.42 Å². The van der Waals surface area contributed by atoms with Crippen molar-refractivity contribution in [2.45, 2.75) is 38.1 Å². The summed E-state index contributed by atoms with van der Waals surface area (Å²) in [7, 11) is 0. The van der Waals surface area contributed by atoms with Gasteiger partial charge in [0.1, 0.15) is 0 Å². The Bertz CT molecular complexity index is 287. The van der Waals surface area contributed by atoms with Crippen molar-refractivity contribution >= 4 is 17.8 Å². The van der Waals surface area contributed by atoms with E-state index in [0.717, 1.165) is 12.8 Å². The zero-order chi connectivity index (χ0) is 12.0. The predicted octanol–water partition coefficient (Wildman–Crippen LogP) is -0.364. The average Bonchev–Trinajstić information content (AvgIpc) is 2.98. The second-order valence-corrected chi connectivity index (χ2v) is 3.87. The molecule has 0 bridgehead atoms. The van der Waals surface area contributed by atoms with Gasteiger partial charge < -0.3 is 15.7 Å². The van der Waals surface area contributed by atoms with Crippen molar-refractivity contribution in [3.8, 4) is 0 Å². The Hall–Kier alpha value is -1.59. The van der Waals surface area contributed by atoms with Crippen LogP contribution in [0.2, 0.25) is 0 Å². The molecular formula is C10H16N2O4. The van der Waals surface area contributed by atoms with E-state index >= 15 is 0 Å². The van der Waals surface area contributed by atoms with Crippen LogP contribution >= 0.6 is 0 Å². The van der Waals surface area contributed by atoms with Gasteiger partial charge in [0, 0.05) is 18.9 Å². The van der Waals surface area contributed by atoms with Gasteiger partial charge in [-0.2, -0.15) is 0 Å². The van der Waals surface area contributed by atoms with Crippen LogP contribution < -0.4 is 10.6 Å². The number of amides is 2. The minimum Gasteiger partial charge on any atom is -0.481 e. The van der Waals surface area contributed by atoms with E-state index in [2.05, 4.69) is 10.6 Å². The monoisotopic (exact) mass is 228 g/mol. The zero-order valence-corrected chi connectivity index (χ0v) is 8.99. The molecule has 0 aliphatic heterocycles.